The number of ether oxygens (including phenoxy) is 2. The number of methoxy groups -OCH3 is 1. The van der Waals surface area contributed by atoms with Gasteiger partial charge in [-0.1, -0.05) is 71.9 Å². The van der Waals surface area contributed by atoms with Crippen LogP contribution >= 0.6 is 0 Å². The van der Waals surface area contributed by atoms with Crippen molar-refractivity contribution in [3.63, 3.8) is 0 Å². The van der Waals surface area contributed by atoms with Crippen LogP contribution in [0.25, 0.3) is 33.7 Å². The lowest BCUT2D eigenvalue weighted by molar-refractivity contribution is -0.150. The number of benzene rings is 3. The summed E-state index contributed by atoms with van der Waals surface area (Å²) in [6.45, 7) is 3.82. The Balaban J connectivity index is 1.19. The fourth-order valence-corrected chi connectivity index (χ4v) is 4.77. The third-order valence-electron chi connectivity index (χ3n) is 7.31. The first-order valence-electron chi connectivity index (χ1n) is 13.7. The summed E-state index contributed by atoms with van der Waals surface area (Å²) in [6.07, 6.45) is 1.63. The van der Waals surface area contributed by atoms with Crippen molar-refractivity contribution in [2.75, 3.05) is 12.4 Å². The summed E-state index contributed by atoms with van der Waals surface area (Å²) in [5.41, 5.74) is 7.24. The molecule has 1 atom stereocenters. The van der Waals surface area contributed by atoms with Crippen molar-refractivity contribution >= 4 is 17.5 Å². The molecule has 5 aromatic rings. The van der Waals surface area contributed by atoms with Crippen molar-refractivity contribution in [2.45, 2.75) is 32.8 Å². The van der Waals surface area contributed by atoms with Crippen LogP contribution in [-0.4, -0.2) is 23.2 Å². The molecule has 6 rings (SSSR count). The minimum absolute atomic E-state index is 0.0893. The Morgan fingerprint density at radius 1 is 0.902 bits per heavy atom. The van der Waals surface area contributed by atoms with E-state index in [2.05, 4.69) is 34.7 Å². The molecule has 206 valence electrons. The second-order valence-electron chi connectivity index (χ2n) is 10.3. The average molecular weight is 546 g/mol. The van der Waals surface area contributed by atoms with Gasteiger partial charge in [-0.25, -0.2) is 4.98 Å². The molecule has 0 saturated heterocycles. The van der Waals surface area contributed by atoms with Crippen molar-refractivity contribution in [3.05, 3.63) is 102 Å². The summed E-state index contributed by atoms with van der Waals surface area (Å²) in [5.74, 6) is 2.09. The summed E-state index contributed by atoms with van der Waals surface area (Å²) in [7, 11) is 1.66. The fraction of sp³-hybridized carbons (Fsp3) is 0.206. The first-order chi connectivity index (χ1) is 20.0. The number of hydrogen-bond acceptors (Lipinski definition) is 7. The van der Waals surface area contributed by atoms with Gasteiger partial charge < -0.3 is 19.3 Å². The molecule has 7 heteroatoms. The highest BCUT2D eigenvalue weighted by Crippen LogP contribution is 2.36. The zero-order valence-electron chi connectivity index (χ0n) is 23.3. The van der Waals surface area contributed by atoms with Crippen molar-refractivity contribution in [2.24, 2.45) is 5.92 Å². The Bertz CT molecular complexity index is 1670. The number of aryl methyl sites for hydroxylation is 1. The Morgan fingerprint density at radius 2 is 1.59 bits per heavy atom. The quantitative estimate of drug-likeness (QED) is 0.187. The standard InChI is InChI=1S/C34H31N3O4/c1-21-32(36-31-10-6-8-29(35-31)28-7-4-5-9-30(28)39-3)33(41-37-21)26-17-15-25(16-18-26)24-13-11-23(12-14-24)22(2)40-34(38)27-19-20-27/h4-18,22,27H,19-20H2,1-3H3,(H,35,36). The van der Waals surface area contributed by atoms with Crippen molar-refractivity contribution in [1.29, 1.82) is 0 Å². The summed E-state index contributed by atoms with van der Waals surface area (Å²) in [4.78, 5) is 16.8. The van der Waals surface area contributed by atoms with E-state index in [1.807, 2.05) is 80.6 Å². The van der Waals surface area contributed by atoms with Gasteiger partial charge in [0.2, 0.25) is 0 Å². The maximum atomic E-state index is 12.0. The molecule has 1 unspecified atom stereocenters. The van der Waals surface area contributed by atoms with Crippen LogP contribution in [-0.2, 0) is 9.53 Å². The molecular weight excluding hydrogens is 514 g/mol. The predicted molar refractivity (Wildman–Crippen MR) is 159 cm³/mol. The molecule has 41 heavy (non-hydrogen) atoms. The van der Waals surface area contributed by atoms with Crippen LogP contribution in [0.1, 0.15) is 37.1 Å². The van der Waals surface area contributed by atoms with Gasteiger partial charge in [-0.3, -0.25) is 4.79 Å². The van der Waals surface area contributed by atoms with Crippen molar-refractivity contribution < 1.29 is 18.8 Å². The van der Waals surface area contributed by atoms with Gasteiger partial charge in [0.15, 0.2) is 5.76 Å². The highest BCUT2D eigenvalue weighted by atomic mass is 16.5. The molecule has 0 aliphatic heterocycles. The maximum absolute atomic E-state index is 12.0. The third kappa shape index (κ3) is 5.70. The number of esters is 1. The number of nitrogens with zero attached hydrogens (tertiary/aromatic N) is 2. The van der Waals surface area contributed by atoms with Crippen LogP contribution in [0.5, 0.6) is 5.75 Å². The van der Waals surface area contributed by atoms with Crippen molar-refractivity contribution in [1.82, 2.24) is 10.1 Å². The molecule has 1 aliphatic rings. The number of para-hydroxylation sites is 1. The molecule has 7 nitrogen and oxygen atoms in total. The van der Waals surface area contributed by atoms with Crippen LogP contribution in [0.15, 0.2) is 95.5 Å². The highest BCUT2D eigenvalue weighted by Gasteiger charge is 2.32. The number of hydrogen-bond donors (Lipinski definition) is 1. The third-order valence-corrected chi connectivity index (χ3v) is 7.31. The second-order valence-corrected chi connectivity index (χ2v) is 10.3. The monoisotopic (exact) mass is 545 g/mol. The van der Waals surface area contributed by atoms with E-state index in [-0.39, 0.29) is 18.0 Å². The molecule has 1 N–H and O–H groups in total. The minimum Gasteiger partial charge on any atom is -0.496 e. The first kappa shape index (κ1) is 26.3. The SMILES string of the molecule is COc1ccccc1-c1cccc(Nc2c(C)noc2-c2ccc(-c3ccc(C(C)OC(=O)C4CC4)cc3)cc2)n1. The minimum atomic E-state index is -0.259. The summed E-state index contributed by atoms with van der Waals surface area (Å²) in [5, 5.41) is 7.63. The number of carbonyl (C=O) groups excluding carboxylic acids is 1. The Hall–Kier alpha value is -4.91. The molecule has 0 amide bonds. The summed E-state index contributed by atoms with van der Waals surface area (Å²) >= 11 is 0. The number of anilines is 2. The van der Waals surface area contributed by atoms with Gasteiger partial charge in [-0.15, -0.1) is 0 Å². The molecule has 2 aromatic heterocycles. The number of pyridine rings is 1. The van der Waals surface area contributed by atoms with E-state index in [4.69, 9.17) is 19.0 Å². The molecular formula is C34H31N3O4. The van der Waals surface area contributed by atoms with Gasteiger partial charge in [0.25, 0.3) is 0 Å². The number of nitrogens with one attached hydrogen (secondary N) is 1. The Morgan fingerprint density at radius 3 is 2.29 bits per heavy atom. The Labute approximate surface area is 239 Å². The topological polar surface area (TPSA) is 86.5 Å². The highest BCUT2D eigenvalue weighted by molar-refractivity contribution is 5.80. The van der Waals surface area contributed by atoms with Gasteiger partial charge in [0, 0.05) is 11.1 Å². The molecule has 0 bridgehead atoms. The van der Waals surface area contributed by atoms with Crippen LogP contribution in [0, 0.1) is 12.8 Å². The summed E-state index contributed by atoms with van der Waals surface area (Å²) < 4.78 is 16.9. The van der Waals surface area contributed by atoms with Gasteiger partial charge in [0.1, 0.15) is 29.1 Å². The number of rotatable bonds is 9. The number of aromatic nitrogens is 2. The van der Waals surface area contributed by atoms with Gasteiger partial charge >= 0.3 is 5.97 Å². The van der Waals surface area contributed by atoms with Gasteiger partial charge in [-0.2, -0.15) is 0 Å². The van der Waals surface area contributed by atoms with Crippen LogP contribution in [0.3, 0.4) is 0 Å². The normalized spacial score (nSPS) is 13.4. The zero-order valence-corrected chi connectivity index (χ0v) is 23.3. The van der Waals surface area contributed by atoms with E-state index in [1.54, 1.807) is 7.11 Å². The Kier molecular flexibility index (Phi) is 7.25. The molecule has 1 aliphatic carbocycles. The second kappa shape index (κ2) is 11.3. The van der Waals surface area contributed by atoms with E-state index in [1.165, 1.54) is 0 Å². The number of carbonyl (C=O) groups is 1. The zero-order chi connectivity index (χ0) is 28.3. The molecule has 0 spiro atoms. The van der Waals surface area contributed by atoms with E-state index in [9.17, 15) is 4.79 Å². The molecule has 2 heterocycles. The van der Waals surface area contributed by atoms with Gasteiger partial charge in [-0.05, 0) is 67.6 Å². The van der Waals surface area contributed by atoms with E-state index in [0.717, 1.165) is 63.5 Å². The van der Waals surface area contributed by atoms with E-state index < -0.39 is 0 Å². The molecule has 1 saturated carbocycles. The maximum Gasteiger partial charge on any atom is 0.309 e. The van der Waals surface area contributed by atoms with Crippen molar-refractivity contribution in [3.8, 4) is 39.5 Å². The first-order valence-corrected chi connectivity index (χ1v) is 13.7. The fourth-order valence-electron chi connectivity index (χ4n) is 4.77. The van der Waals surface area contributed by atoms with Crippen LogP contribution in [0.2, 0.25) is 0 Å². The van der Waals surface area contributed by atoms with Crippen LogP contribution in [0.4, 0.5) is 11.5 Å². The van der Waals surface area contributed by atoms with E-state index in [0.29, 0.717) is 11.6 Å². The smallest absolute Gasteiger partial charge is 0.309 e. The molecule has 3 aromatic carbocycles. The van der Waals surface area contributed by atoms with Crippen LogP contribution < -0.4 is 10.1 Å². The lowest BCUT2D eigenvalue weighted by atomic mass is 10.0. The summed E-state index contributed by atoms with van der Waals surface area (Å²) in [6, 6.07) is 29.9. The molecule has 1 fully saturated rings. The largest absolute Gasteiger partial charge is 0.496 e. The average Bonchev–Trinajstić information content (AvgIpc) is 3.81. The lowest BCUT2D eigenvalue weighted by Gasteiger charge is -2.14. The van der Waals surface area contributed by atoms with Gasteiger partial charge in [0.05, 0.1) is 18.7 Å². The molecule has 0 radical (unpaired) electrons. The lowest BCUT2D eigenvalue weighted by Crippen LogP contribution is -2.10. The predicted octanol–water partition coefficient (Wildman–Crippen LogP) is 8.15. The van der Waals surface area contributed by atoms with E-state index >= 15 is 0 Å².